The Morgan fingerprint density at radius 1 is 0.658 bits per heavy atom. The molecule has 0 bridgehead atoms. The first-order valence-corrected chi connectivity index (χ1v) is 15.2. The van der Waals surface area contributed by atoms with Gasteiger partial charge in [0.25, 0.3) is 0 Å². The monoisotopic (exact) mass is 542 g/mol. The number of carbonyl (C=O) groups excluding carboxylic acids is 2. The molecule has 38 heavy (non-hydrogen) atoms. The maximum Gasteiger partial charge on any atom is 0.343 e. The summed E-state index contributed by atoms with van der Waals surface area (Å²) in [6.07, 6.45) is 18.8. The Morgan fingerprint density at radius 2 is 1.18 bits per heavy atom. The van der Waals surface area contributed by atoms with E-state index >= 15 is 0 Å². The van der Waals surface area contributed by atoms with Crippen LogP contribution in [0, 0.1) is 0 Å². The van der Waals surface area contributed by atoms with E-state index in [4.69, 9.17) is 21.1 Å². The molecule has 2 aromatic rings. The van der Waals surface area contributed by atoms with Crippen molar-refractivity contribution in [3.8, 4) is 11.5 Å². The standard InChI is InChI=1S/C33H47ClO4/c1-3-5-7-9-11-13-15-17-25-37-32-24-21-28(26-30(32)34)33(36)38-29-22-19-27(20-23-29)31(35)18-16-14-12-10-8-6-4-2/h19-24,26H,3-18,25H2,1-2H3. The zero-order valence-corrected chi connectivity index (χ0v) is 24.3. The quantitative estimate of drug-likeness (QED) is 0.0681. The molecule has 0 saturated carbocycles. The van der Waals surface area contributed by atoms with Gasteiger partial charge in [-0.3, -0.25) is 4.79 Å². The van der Waals surface area contributed by atoms with Crippen molar-refractivity contribution in [3.05, 3.63) is 58.6 Å². The molecule has 0 aromatic heterocycles. The average Bonchev–Trinajstić information content (AvgIpc) is 2.92. The van der Waals surface area contributed by atoms with E-state index in [2.05, 4.69) is 13.8 Å². The second kappa shape index (κ2) is 19.7. The third-order valence-corrected chi connectivity index (χ3v) is 7.11. The summed E-state index contributed by atoms with van der Waals surface area (Å²) in [6.45, 7) is 5.06. The third kappa shape index (κ3) is 13.0. The summed E-state index contributed by atoms with van der Waals surface area (Å²) in [5.41, 5.74) is 1.00. The largest absolute Gasteiger partial charge is 0.492 e. The predicted molar refractivity (Wildman–Crippen MR) is 158 cm³/mol. The van der Waals surface area contributed by atoms with Crippen LogP contribution in [0.1, 0.15) is 137 Å². The van der Waals surface area contributed by atoms with Crippen LogP contribution in [-0.4, -0.2) is 18.4 Å². The molecule has 0 radical (unpaired) electrons. The number of ether oxygens (including phenoxy) is 2. The Morgan fingerprint density at radius 3 is 1.76 bits per heavy atom. The lowest BCUT2D eigenvalue weighted by Crippen LogP contribution is -2.09. The van der Waals surface area contributed by atoms with Crippen molar-refractivity contribution in [1.82, 2.24) is 0 Å². The molecule has 2 rings (SSSR count). The van der Waals surface area contributed by atoms with Gasteiger partial charge in [0.05, 0.1) is 17.2 Å². The highest BCUT2D eigenvalue weighted by Crippen LogP contribution is 2.27. The molecular weight excluding hydrogens is 496 g/mol. The van der Waals surface area contributed by atoms with Crippen LogP contribution < -0.4 is 9.47 Å². The number of ketones is 1. The molecule has 0 spiro atoms. The fourth-order valence-corrected chi connectivity index (χ4v) is 4.66. The zero-order chi connectivity index (χ0) is 27.4. The van der Waals surface area contributed by atoms with Crippen LogP contribution in [0.15, 0.2) is 42.5 Å². The molecule has 0 atom stereocenters. The Labute approximate surface area is 235 Å². The first-order chi connectivity index (χ1) is 18.5. The number of unbranched alkanes of at least 4 members (excludes halogenated alkanes) is 13. The molecule has 4 nitrogen and oxygen atoms in total. The van der Waals surface area contributed by atoms with Gasteiger partial charge in [-0.2, -0.15) is 0 Å². The zero-order valence-electron chi connectivity index (χ0n) is 23.6. The van der Waals surface area contributed by atoms with E-state index in [-0.39, 0.29) is 5.78 Å². The van der Waals surface area contributed by atoms with Gasteiger partial charge < -0.3 is 9.47 Å². The maximum absolute atomic E-state index is 12.6. The molecule has 0 fully saturated rings. The molecule has 2 aromatic carbocycles. The van der Waals surface area contributed by atoms with Crippen molar-refractivity contribution in [2.45, 2.75) is 117 Å². The van der Waals surface area contributed by atoms with Crippen LogP contribution >= 0.6 is 11.6 Å². The smallest absolute Gasteiger partial charge is 0.343 e. The number of hydrogen-bond acceptors (Lipinski definition) is 4. The molecule has 0 amide bonds. The van der Waals surface area contributed by atoms with E-state index in [1.165, 1.54) is 70.6 Å². The van der Waals surface area contributed by atoms with Crippen LogP contribution in [-0.2, 0) is 0 Å². The van der Waals surface area contributed by atoms with Crippen molar-refractivity contribution < 1.29 is 19.1 Å². The van der Waals surface area contributed by atoms with Crippen molar-refractivity contribution in [1.29, 1.82) is 0 Å². The van der Waals surface area contributed by atoms with E-state index in [1.54, 1.807) is 42.5 Å². The number of esters is 1. The van der Waals surface area contributed by atoms with Gasteiger partial charge in [-0.1, -0.05) is 109 Å². The number of Topliss-reactive ketones (excluding diaryl/α,β-unsaturated/α-hetero) is 1. The van der Waals surface area contributed by atoms with E-state index in [9.17, 15) is 9.59 Å². The van der Waals surface area contributed by atoms with Crippen LogP contribution in [0.2, 0.25) is 5.02 Å². The number of carbonyl (C=O) groups is 2. The number of benzene rings is 2. The maximum atomic E-state index is 12.6. The highest BCUT2D eigenvalue weighted by atomic mass is 35.5. The van der Waals surface area contributed by atoms with Crippen molar-refractivity contribution >= 4 is 23.4 Å². The first kappa shape index (κ1) is 31.9. The molecular formula is C33H47ClO4. The second-order valence-electron chi connectivity index (χ2n) is 10.2. The van der Waals surface area contributed by atoms with E-state index in [0.29, 0.717) is 40.7 Å². The lowest BCUT2D eigenvalue weighted by Gasteiger charge is -2.10. The summed E-state index contributed by atoms with van der Waals surface area (Å²) in [4.78, 5) is 25.0. The summed E-state index contributed by atoms with van der Waals surface area (Å²) in [5.74, 6) is 0.609. The topological polar surface area (TPSA) is 52.6 Å². The fourth-order valence-electron chi connectivity index (χ4n) is 4.42. The average molecular weight is 543 g/mol. The minimum absolute atomic E-state index is 0.130. The van der Waals surface area contributed by atoms with Crippen LogP contribution in [0.25, 0.3) is 0 Å². The number of rotatable bonds is 21. The lowest BCUT2D eigenvalue weighted by molar-refractivity contribution is 0.0734. The van der Waals surface area contributed by atoms with E-state index < -0.39 is 5.97 Å². The summed E-state index contributed by atoms with van der Waals surface area (Å²) >= 11 is 6.36. The third-order valence-electron chi connectivity index (χ3n) is 6.82. The van der Waals surface area contributed by atoms with Crippen molar-refractivity contribution in [2.24, 2.45) is 0 Å². The minimum atomic E-state index is -0.497. The molecule has 5 heteroatoms. The van der Waals surface area contributed by atoms with Crippen LogP contribution in [0.3, 0.4) is 0 Å². The molecule has 210 valence electrons. The normalized spacial score (nSPS) is 10.9. The van der Waals surface area contributed by atoms with Gasteiger partial charge in [-0.15, -0.1) is 0 Å². The highest BCUT2D eigenvalue weighted by Gasteiger charge is 2.13. The van der Waals surface area contributed by atoms with E-state index in [1.807, 2.05) is 0 Å². The van der Waals surface area contributed by atoms with Crippen molar-refractivity contribution in [3.63, 3.8) is 0 Å². The first-order valence-electron chi connectivity index (χ1n) is 14.8. The van der Waals surface area contributed by atoms with Gasteiger partial charge in [0.2, 0.25) is 0 Å². The fraction of sp³-hybridized carbons (Fsp3) is 0.576. The molecule has 0 aliphatic heterocycles. The molecule has 0 aliphatic rings. The van der Waals surface area contributed by atoms with Gasteiger partial charge in [-0.05, 0) is 55.3 Å². The molecule has 0 N–H and O–H groups in total. The molecule has 0 aliphatic carbocycles. The molecule has 0 saturated heterocycles. The molecule has 0 heterocycles. The summed E-state index contributed by atoms with van der Waals surface area (Å²) in [7, 11) is 0. The minimum Gasteiger partial charge on any atom is -0.492 e. The summed E-state index contributed by atoms with van der Waals surface area (Å²) in [5, 5.41) is 0.394. The summed E-state index contributed by atoms with van der Waals surface area (Å²) < 4.78 is 11.3. The van der Waals surface area contributed by atoms with Gasteiger partial charge in [0.15, 0.2) is 5.78 Å². The van der Waals surface area contributed by atoms with Gasteiger partial charge in [0, 0.05) is 12.0 Å². The number of hydrogen-bond donors (Lipinski definition) is 0. The predicted octanol–water partition coefficient (Wildman–Crippen LogP) is 10.4. The van der Waals surface area contributed by atoms with Crippen molar-refractivity contribution in [2.75, 3.05) is 6.61 Å². The van der Waals surface area contributed by atoms with Crippen LogP contribution in [0.5, 0.6) is 11.5 Å². The van der Waals surface area contributed by atoms with Gasteiger partial charge in [-0.25, -0.2) is 4.79 Å². The van der Waals surface area contributed by atoms with Gasteiger partial charge >= 0.3 is 5.97 Å². The Balaban J connectivity index is 1.70. The number of halogens is 1. The lowest BCUT2D eigenvalue weighted by atomic mass is 10.0. The Bertz CT molecular complexity index is 939. The van der Waals surface area contributed by atoms with E-state index in [0.717, 1.165) is 25.7 Å². The SMILES string of the molecule is CCCCCCCCCCOc1ccc(C(=O)Oc2ccc(C(=O)CCCCCCCCC)cc2)cc1Cl. The van der Waals surface area contributed by atoms with Crippen LogP contribution in [0.4, 0.5) is 0 Å². The Kier molecular flexibility index (Phi) is 16.5. The summed E-state index contributed by atoms with van der Waals surface area (Å²) in [6, 6.07) is 11.7. The van der Waals surface area contributed by atoms with Gasteiger partial charge in [0.1, 0.15) is 11.5 Å². The Hall–Kier alpha value is -2.33. The molecule has 0 unspecified atom stereocenters. The highest BCUT2D eigenvalue weighted by molar-refractivity contribution is 6.32. The second-order valence-corrected chi connectivity index (χ2v) is 10.6.